The van der Waals surface area contributed by atoms with E-state index in [4.69, 9.17) is 4.74 Å². The maximum absolute atomic E-state index is 5.15. The van der Waals surface area contributed by atoms with Crippen LogP contribution < -0.4 is 4.74 Å². The van der Waals surface area contributed by atoms with Crippen molar-refractivity contribution in [2.24, 2.45) is 0 Å². The fourth-order valence-corrected chi connectivity index (χ4v) is 1.32. The van der Waals surface area contributed by atoms with Crippen LogP contribution >= 0.6 is 0 Å². The molecule has 0 aliphatic heterocycles. The van der Waals surface area contributed by atoms with Crippen molar-refractivity contribution in [2.75, 3.05) is 7.11 Å². The van der Waals surface area contributed by atoms with Crippen LogP contribution in [0.5, 0.6) is 5.75 Å². The molecule has 0 amide bonds. The average molecular weight is 377 g/mol. The molecule has 1 radical (unpaired) electrons. The number of ether oxygens (including phenoxy) is 1. The van der Waals surface area contributed by atoms with E-state index in [1.54, 1.807) is 13.3 Å². The van der Waals surface area contributed by atoms with Crippen LogP contribution in [0, 0.1) is 0 Å². The summed E-state index contributed by atoms with van der Waals surface area (Å²) in [5.41, 5.74) is 2.04. The topological polar surface area (TPSA) is 22.1 Å². The zero-order valence-corrected chi connectivity index (χ0v) is 10.7. The van der Waals surface area contributed by atoms with E-state index in [2.05, 4.69) is 4.98 Å². The molecule has 2 rings (SSSR count). The molecule has 0 spiro atoms. The summed E-state index contributed by atoms with van der Waals surface area (Å²) in [4.78, 5) is 4.27. The van der Waals surface area contributed by atoms with Crippen molar-refractivity contribution in [3.8, 4) is 17.0 Å². The van der Waals surface area contributed by atoms with Crippen molar-refractivity contribution in [3.05, 3.63) is 48.7 Å². The molecule has 0 aliphatic rings. The van der Waals surface area contributed by atoms with Gasteiger partial charge in [-0.2, -0.15) is 0 Å². The second kappa shape index (κ2) is 5.64. The van der Waals surface area contributed by atoms with Crippen LogP contribution in [0.1, 0.15) is 0 Å². The Morgan fingerprint density at radius 3 is 2.60 bits per heavy atom. The molecule has 0 unspecified atom stereocenters. The van der Waals surface area contributed by atoms with Crippen LogP contribution in [-0.4, -0.2) is 12.1 Å². The molecular formula is C12H11IrNO. The number of benzene rings is 1. The molecule has 3 heteroatoms. The van der Waals surface area contributed by atoms with Crippen molar-refractivity contribution < 1.29 is 24.8 Å². The molecular weight excluding hydrogens is 366 g/mol. The smallest absolute Gasteiger partial charge is 0.119 e. The monoisotopic (exact) mass is 378 g/mol. The van der Waals surface area contributed by atoms with E-state index in [0.29, 0.717) is 0 Å². The van der Waals surface area contributed by atoms with Gasteiger partial charge in [0.25, 0.3) is 0 Å². The summed E-state index contributed by atoms with van der Waals surface area (Å²) in [6.45, 7) is 0. The number of nitrogens with zero attached hydrogens (tertiary/aromatic N) is 1. The molecule has 1 aromatic heterocycles. The fourth-order valence-electron chi connectivity index (χ4n) is 1.32. The predicted octanol–water partition coefficient (Wildman–Crippen LogP) is 2.75. The summed E-state index contributed by atoms with van der Waals surface area (Å²) in [6.07, 6.45) is 1.79. The van der Waals surface area contributed by atoms with E-state index in [0.717, 1.165) is 17.0 Å². The van der Waals surface area contributed by atoms with Crippen LogP contribution in [0.3, 0.4) is 0 Å². The second-order valence-corrected chi connectivity index (χ2v) is 2.95. The summed E-state index contributed by atoms with van der Waals surface area (Å²) >= 11 is 0. The Bertz CT molecular complexity index is 417. The van der Waals surface area contributed by atoms with Crippen molar-refractivity contribution in [3.63, 3.8) is 0 Å². The van der Waals surface area contributed by atoms with Gasteiger partial charge in [0.15, 0.2) is 0 Å². The number of aromatic nitrogens is 1. The van der Waals surface area contributed by atoms with Gasteiger partial charge >= 0.3 is 0 Å². The summed E-state index contributed by atoms with van der Waals surface area (Å²) < 4.78 is 5.15. The van der Waals surface area contributed by atoms with Crippen molar-refractivity contribution in [1.82, 2.24) is 4.98 Å². The zero-order chi connectivity index (χ0) is 9.80. The Balaban J connectivity index is 0.00000112. The largest absolute Gasteiger partial charge is 0.497 e. The molecule has 2 nitrogen and oxygen atoms in total. The third-order valence-corrected chi connectivity index (χ3v) is 2.03. The number of pyridine rings is 1. The van der Waals surface area contributed by atoms with Crippen molar-refractivity contribution >= 4 is 0 Å². The first-order chi connectivity index (χ1) is 6.90. The minimum Gasteiger partial charge on any atom is -0.497 e. The Kier molecular flexibility index (Phi) is 4.47. The number of methoxy groups -OCH3 is 1. The molecule has 0 N–H and O–H groups in total. The van der Waals surface area contributed by atoms with Gasteiger partial charge in [-0.25, -0.2) is 0 Å². The van der Waals surface area contributed by atoms with Crippen LogP contribution in [-0.2, 0) is 20.1 Å². The van der Waals surface area contributed by atoms with Gasteiger partial charge in [-0.1, -0.05) is 18.2 Å². The summed E-state index contributed by atoms with van der Waals surface area (Å²) in [5, 5.41) is 0. The molecule has 0 bridgehead atoms. The molecule has 2 aromatic rings. The first-order valence-electron chi connectivity index (χ1n) is 4.45. The Morgan fingerprint density at radius 1 is 1.07 bits per heavy atom. The van der Waals surface area contributed by atoms with E-state index in [1.165, 1.54) is 0 Å². The Hall–Kier alpha value is -1.18. The van der Waals surface area contributed by atoms with E-state index in [-0.39, 0.29) is 20.1 Å². The van der Waals surface area contributed by atoms with Gasteiger partial charge in [0.2, 0.25) is 0 Å². The van der Waals surface area contributed by atoms with E-state index in [1.807, 2.05) is 42.5 Å². The van der Waals surface area contributed by atoms with Crippen molar-refractivity contribution in [2.45, 2.75) is 0 Å². The molecule has 0 atom stereocenters. The zero-order valence-electron chi connectivity index (χ0n) is 8.31. The van der Waals surface area contributed by atoms with Crippen LogP contribution in [0.15, 0.2) is 48.7 Å². The number of hydrogen-bond acceptors (Lipinski definition) is 2. The molecule has 0 saturated carbocycles. The van der Waals surface area contributed by atoms with Gasteiger partial charge in [-0.15, -0.1) is 0 Å². The van der Waals surface area contributed by atoms with Gasteiger partial charge in [-0.05, 0) is 24.3 Å². The number of rotatable bonds is 2. The normalized spacial score (nSPS) is 9.13. The maximum atomic E-state index is 5.15. The van der Waals surface area contributed by atoms with Gasteiger partial charge < -0.3 is 4.74 Å². The van der Waals surface area contributed by atoms with E-state index < -0.39 is 0 Å². The molecule has 1 heterocycles. The third-order valence-electron chi connectivity index (χ3n) is 2.03. The number of hydrogen-bond donors (Lipinski definition) is 0. The Morgan fingerprint density at radius 2 is 1.93 bits per heavy atom. The van der Waals surface area contributed by atoms with Crippen molar-refractivity contribution in [1.29, 1.82) is 0 Å². The van der Waals surface area contributed by atoms with Gasteiger partial charge in [0, 0.05) is 31.9 Å². The summed E-state index contributed by atoms with van der Waals surface area (Å²) in [5.74, 6) is 0.855. The maximum Gasteiger partial charge on any atom is 0.119 e. The molecule has 15 heavy (non-hydrogen) atoms. The van der Waals surface area contributed by atoms with Gasteiger partial charge in [-0.3, -0.25) is 4.98 Å². The quantitative estimate of drug-likeness (QED) is 0.803. The standard InChI is InChI=1S/C12H11NO.Ir/c1-14-11-6-4-5-10(9-11)12-7-2-3-8-13-12;/h2-9H,1H3;. The van der Waals surface area contributed by atoms with Gasteiger partial charge in [0.1, 0.15) is 5.75 Å². The summed E-state index contributed by atoms with van der Waals surface area (Å²) in [6, 6.07) is 13.7. The molecule has 0 fully saturated rings. The first-order valence-corrected chi connectivity index (χ1v) is 4.45. The second-order valence-electron chi connectivity index (χ2n) is 2.95. The predicted molar refractivity (Wildman–Crippen MR) is 56.2 cm³/mol. The SMILES string of the molecule is COc1cccc(-c2ccccn2)c1.[Ir]. The molecule has 1 aromatic carbocycles. The van der Waals surface area contributed by atoms with Crippen LogP contribution in [0.4, 0.5) is 0 Å². The molecule has 79 valence electrons. The fraction of sp³-hybridized carbons (Fsp3) is 0.0833. The summed E-state index contributed by atoms with van der Waals surface area (Å²) in [7, 11) is 1.66. The minimum absolute atomic E-state index is 0. The third kappa shape index (κ3) is 2.88. The molecule has 0 saturated heterocycles. The van der Waals surface area contributed by atoms with Gasteiger partial charge in [0.05, 0.1) is 12.8 Å². The van der Waals surface area contributed by atoms with Crippen LogP contribution in [0.25, 0.3) is 11.3 Å². The first kappa shape index (κ1) is 11.9. The molecule has 0 aliphatic carbocycles. The average Bonchev–Trinajstić information content (AvgIpc) is 2.30. The van der Waals surface area contributed by atoms with Crippen LogP contribution in [0.2, 0.25) is 0 Å². The van der Waals surface area contributed by atoms with E-state index in [9.17, 15) is 0 Å². The van der Waals surface area contributed by atoms with E-state index >= 15 is 0 Å². The minimum atomic E-state index is 0. The Labute approximate surface area is 103 Å².